The molecule has 0 bridgehead atoms. The van der Waals surface area contributed by atoms with Crippen LogP contribution in [0.3, 0.4) is 0 Å². The van der Waals surface area contributed by atoms with Crippen LogP contribution < -0.4 is 10.1 Å². The van der Waals surface area contributed by atoms with Gasteiger partial charge in [-0.1, -0.05) is 11.6 Å². The second-order valence-electron chi connectivity index (χ2n) is 6.29. The van der Waals surface area contributed by atoms with E-state index in [1.807, 2.05) is 6.92 Å². The maximum absolute atomic E-state index is 12.3. The molecule has 0 radical (unpaired) electrons. The van der Waals surface area contributed by atoms with Gasteiger partial charge in [0, 0.05) is 12.1 Å². The fourth-order valence-electron chi connectivity index (χ4n) is 2.90. The lowest BCUT2D eigenvalue weighted by molar-refractivity contribution is -0.152. The molecule has 0 spiro atoms. The van der Waals surface area contributed by atoms with Crippen LogP contribution in [0.2, 0.25) is 5.02 Å². The number of rotatable bonds is 4. The van der Waals surface area contributed by atoms with E-state index in [9.17, 15) is 9.59 Å². The fourth-order valence-corrected chi connectivity index (χ4v) is 3.09. The van der Waals surface area contributed by atoms with Crippen LogP contribution in [0.4, 0.5) is 5.69 Å². The first-order chi connectivity index (χ1) is 12.3. The van der Waals surface area contributed by atoms with Gasteiger partial charge < -0.3 is 14.8 Å². The number of nitrogens with zero attached hydrogens (tertiary/aromatic N) is 2. The number of aryl methyl sites for hydroxylation is 2. The summed E-state index contributed by atoms with van der Waals surface area (Å²) in [4.78, 5) is 24.3. The molecule has 1 N–H and O–H groups in total. The Balaban J connectivity index is 1.55. The highest BCUT2D eigenvalue weighted by Gasteiger charge is 2.28. The molecule has 3 rings (SSSR count). The number of fused-ring (bicyclic) bond motifs is 1. The average Bonchev–Trinajstić information content (AvgIpc) is 2.85. The Hall–Kier alpha value is -2.54. The third-order valence-corrected chi connectivity index (χ3v) is 4.62. The lowest BCUT2D eigenvalue weighted by Crippen LogP contribution is -2.32. The molecule has 1 aliphatic rings. The summed E-state index contributed by atoms with van der Waals surface area (Å²) in [6.07, 6.45) is 0.469. The van der Waals surface area contributed by atoms with Crippen LogP contribution in [0.25, 0.3) is 0 Å². The Morgan fingerprint density at radius 1 is 1.42 bits per heavy atom. The largest absolute Gasteiger partial charge is 0.492 e. The minimum absolute atomic E-state index is 0.218. The van der Waals surface area contributed by atoms with Gasteiger partial charge in [-0.2, -0.15) is 5.10 Å². The number of halogens is 1. The van der Waals surface area contributed by atoms with Gasteiger partial charge in [-0.25, -0.2) is 0 Å². The third kappa shape index (κ3) is 3.83. The van der Waals surface area contributed by atoms with E-state index in [2.05, 4.69) is 10.4 Å². The van der Waals surface area contributed by atoms with Crippen molar-refractivity contribution in [2.24, 2.45) is 13.0 Å². The highest BCUT2D eigenvalue weighted by atomic mass is 35.5. The number of nitrogens with one attached hydrogen (secondary N) is 1. The van der Waals surface area contributed by atoms with Crippen molar-refractivity contribution in [1.82, 2.24) is 9.78 Å². The molecule has 0 saturated carbocycles. The van der Waals surface area contributed by atoms with Gasteiger partial charge in [0.2, 0.25) is 0 Å². The Morgan fingerprint density at radius 3 is 2.88 bits per heavy atom. The summed E-state index contributed by atoms with van der Waals surface area (Å²) in [5, 5.41) is 7.55. The molecule has 8 heteroatoms. The molecule has 2 heterocycles. The molecule has 1 aliphatic heterocycles. The molecule has 7 nitrogen and oxygen atoms in total. The summed E-state index contributed by atoms with van der Waals surface area (Å²) in [5.41, 5.74) is 3.03. The Kier molecular flexibility index (Phi) is 5.18. The number of esters is 1. The summed E-state index contributed by atoms with van der Waals surface area (Å²) < 4.78 is 12.4. The maximum Gasteiger partial charge on any atom is 0.313 e. The van der Waals surface area contributed by atoms with Crippen molar-refractivity contribution in [2.45, 2.75) is 20.3 Å². The predicted molar refractivity (Wildman–Crippen MR) is 96.4 cm³/mol. The summed E-state index contributed by atoms with van der Waals surface area (Å²) in [5.74, 6) is -0.613. The Bertz CT molecular complexity index is 862. The standard InChI is InChI=1S/C18H20ClN3O4/c1-10-17(11(2)22(3)21-10)20-16(23)9-26-18(24)13-6-12-7-14(19)4-5-15(12)25-8-13/h4-5,7,13H,6,8-9H2,1-3H3,(H,20,23). The van der Waals surface area contributed by atoms with Gasteiger partial charge in [0.15, 0.2) is 6.61 Å². The summed E-state index contributed by atoms with van der Waals surface area (Å²) in [6, 6.07) is 5.30. The zero-order valence-electron chi connectivity index (χ0n) is 14.8. The first-order valence-electron chi connectivity index (χ1n) is 8.23. The normalized spacial score (nSPS) is 15.8. The van der Waals surface area contributed by atoms with Crippen LogP contribution in [0.15, 0.2) is 18.2 Å². The second-order valence-corrected chi connectivity index (χ2v) is 6.73. The van der Waals surface area contributed by atoms with Crippen LogP contribution in [0, 0.1) is 19.8 Å². The van der Waals surface area contributed by atoms with E-state index in [1.54, 1.807) is 36.9 Å². The number of carbonyl (C=O) groups excluding carboxylic acids is 2. The van der Waals surface area contributed by atoms with Crippen molar-refractivity contribution in [3.8, 4) is 5.75 Å². The number of hydrogen-bond donors (Lipinski definition) is 1. The van der Waals surface area contributed by atoms with Gasteiger partial charge in [-0.15, -0.1) is 0 Å². The van der Waals surface area contributed by atoms with Gasteiger partial charge in [0.1, 0.15) is 12.4 Å². The predicted octanol–water partition coefficient (Wildman–Crippen LogP) is 2.42. The number of hydrogen-bond acceptors (Lipinski definition) is 5. The zero-order valence-corrected chi connectivity index (χ0v) is 15.6. The summed E-state index contributed by atoms with van der Waals surface area (Å²) in [6.45, 7) is 3.52. The van der Waals surface area contributed by atoms with Crippen LogP contribution in [0.5, 0.6) is 5.75 Å². The van der Waals surface area contributed by atoms with E-state index in [4.69, 9.17) is 21.1 Å². The van der Waals surface area contributed by atoms with Gasteiger partial charge >= 0.3 is 5.97 Å². The molecule has 138 valence electrons. The first kappa shape index (κ1) is 18.3. The SMILES string of the molecule is Cc1nn(C)c(C)c1NC(=O)COC(=O)C1COc2ccc(Cl)cc2C1. The Morgan fingerprint density at radius 2 is 2.19 bits per heavy atom. The van der Waals surface area contributed by atoms with Gasteiger partial charge in [0.05, 0.1) is 23.0 Å². The smallest absolute Gasteiger partial charge is 0.313 e. The number of benzene rings is 1. The maximum atomic E-state index is 12.3. The molecular formula is C18H20ClN3O4. The van der Waals surface area contributed by atoms with E-state index >= 15 is 0 Å². The van der Waals surface area contributed by atoms with Crippen molar-refractivity contribution in [3.05, 3.63) is 40.2 Å². The topological polar surface area (TPSA) is 82.5 Å². The number of amides is 1. The quantitative estimate of drug-likeness (QED) is 0.827. The highest BCUT2D eigenvalue weighted by Crippen LogP contribution is 2.30. The minimum Gasteiger partial charge on any atom is -0.492 e. The van der Waals surface area contributed by atoms with Gasteiger partial charge in [0.25, 0.3) is 5.91 Å². The Labute approximate surface area is 156 Å². The van der Waals surface area contributed by atoms with Gasteiger partial charge in [-0.3, -0.25) is 14.3 Å². The van der Waals surface area contributed by atoms with Crippen molar-refractivity contribution < 1.29 is 19.1 Å². The van der Waals surface area contributed by atoms with Crippen LogP contribution in [0.1, 0.15) is 17.0 Å². The van der Waals surface area contributed by atoms with Crippen LogP contribution in [-0.4, -0.2) is 34.9 Å². The van der Waals surface area contributed by atoms with E-state index in [0.717, 1.165) is 17.0 Å². The fraction of sp³-hybridized carbons (Fsp3) is 0.389. The molecule has 2 aromatic rings. The number of ether oxygens (including phenoxy) is 2. The molecule has 1 amide bonds. The number of carbonyl (C=O) groups is 2. The van der Waals surface area contributed by atoms with E-state index < -0.39 is 17.8 Å². The van der Waals surface area contributed by atoms with Crippen molar-refractivity contribution in [3.63, 3.8) is 0 Å². The monoisotopic (exact) mass is 377 g/mol. The number of anilines is 1. The average molecular weight is 378 g/mol. The zero-order chi connectivity index (χ0) is 18.8. The lowest BCUT2D eigenvalue weighted by atomic mass is 9.97. The van der Waals surface area contributed by atoms with Crippen molar-refractivity contribution in [2.75, 3.05) is 18.5 Å². The molecule has 1 atom stereocenters. The van der Waals surface area contributed by atoms with Crippen LogP contribution in [-0.2, 0) is 27.8 Å². The van der Waals surface area contributed by atoms with E-state index in [0.29, 0.717) is 22.8 Å². The summed E-state index contributed by atoms with van der Waals surface area (Å²) >= 11 is 5.98. The molecule has 1 aromatic carbocycles. The lowest BCUT2D eigenvalue weighted by Gasteiger charge is -2.24. The van der Waals surface area contributed by atoms with E-state index in [-0.39, 0.29) is 13.2 Å². The van der Waals surface area contributed by atoms with Crippen molar-refractivity contribution >= 4 is 29.2 Å². The second kappa shape index (κ2) is 7.37. The minimum atomic E-state index is -0.467. The third-order valence-electron chi connectivity index (χ3n) is 4.38. The highest BCUT2D eigenvalue weighted by molar-refractivity contribution is 6.30. The van der Waals surface area contributed by atoms with Gasteiger partial charge in [-0.05, 0) is 44.0 Å². The molecule has 0 aliphatic carbocycles. The molecule has 1 aromatic heterocycles. The number of aromatic nitrogens is 2. The van der Waals surface area contributed by atoms with Crippen LogP contribution >= 0.6 is 11.6 Å². The molecule has 0 fully saturated rings. The molecule has 1 unspecified atom stereocenters. The molecule has 26 heavy (non-hydrogen) atoms. The molecular weight excluding hydrogens is 358 g/mol. The van der Waals surface area contributed by atoms with E-state index in [1.165, 1.54) is 0 Å². The molecule has 0 saturated heterocycles. The van der Waals surface area contributed by atoms with Crippen molar-refractivity contribution in [1.29, 1.82) is 0 Å². The first-order valence-corrected chi connectivity index (χ1v) is 8.61. The summed E-state index contributed by atoms with van der Waals surface area (Å²) in [7, 11) is 1.80.